The molecule has 0 N–H and O–H groups in total. The van der Waals surface area contributed by atoms with E-state index >= 15 is 0 Å². The molecule has 0 spiro atoms. The lowest BCUT2D eigenvalue weighted by Gasteiger charge is -2.24. The quantitative estimate of drug-likeness (QED) is 0.732. The van der Waals surface area contributed by atoms with Gasteiger partial charge in [-0.15, -0.1) is 0 Å². The SMILES string of the molecule is CC(C)C(=O)N1CCCN(CCOC2CCCCCC2)CC1. The molecule has 0 atom stereocenters. The minimum absolute atomic E-state index is 0.116. The van der Waals surface area contributed by atoms with Crippen LogP contribution in [0.25, 0.3) is 0 Å². The lowest BCUT2D eigenvalue weighted by Crippen LogP contribution is -2.38. The molecule has 4 heteroatoms. The van der Waals surface area contributed by atoms with Crippen LogP contribution in [0.3, 0.4) is 0 Å². The number of hydrogen-bond acceptors (Lipinski definition) is 3. The molecule has 1 aliphatic heterocycles. The molecule has 0 unspecified atom stereocenters. The number of amides is 1. The number of ether oxygens (including phenoxy) is 1. The molecule has 2 rings (SSSR count). The first kappa shape index (κ1) is 17.7. The van der Waals surface area contributed by atoms with Gasteiger partial charge in [0, 0.05) is 32.1 Å². The predicted octanol–water partition coefficient (Wildman–Crippen LogP) is 2.92. The molecule has 0 aromatic heterocycles. The van der Waals surface area contributed by atoms with Gasteiger partial charge >= 0.3 is 0 Å². The second-order valence-electron chi connectivity index (χ2n) is 7.16. The number of nitrogens with zero attached hydrogens (tertiary/aromatic N) is 2. The van der Waals surface area contributed by atoms with Crippen molar-refractivity contribution in [3.05, 3.63) is 0 Å². The van der Waals surface area contributed by atoms with Gasteiger partial charge < -0.3 is 9.64 Å². The van der Waals surface area contributed by atoms with Gasteiger partial charge in [0.1, 0.15) is 0 Å². The van der Waals surface area contributed by atoms with Crippen molar-refractivity contribution >= 4 is 5.91 Å². The standard InChI is InChI=1S/C18H34N2O2/c1-16(2)18(21)20-11-7-10-19(12-13-20)14-15-22-17-8-5-3-4-6-9-17/h16-17H,3-15H2,1-2H3. The van der Waals surface area contributed by atoms with Crippen molar-refractivity contribution in [2.45, 2.75) is 64.9 Å². The molecule has 1 aliphatic carbocycles. The predicted molar refractivity (Wildman–Crippen MR) is 89.9 cm³/mol. The van der Waals surface area contributed by atoms with Gasteiger partial charge in [-0.2, -0.15) is 0 Å². The van der Waals surface area contributed by atoms with E-state index in [9.17, 15) is 4.79 Å². The van der Waals surface area contributed by atoms with Gasteiger partial charge in [-0.1, -0.05) is 39.5 Å². The van der Waals surface area contributed by atoms with E-state index < -0.39 is 0 Å². The molecule has 1 amide bonds. The van der Waals surface area contributed by atoms with Crippen molar-refractivity contribution in [3.8, 4) is 0 Å². The Balaban J connectivity index is 1.65. The minimum atomic E-state index is 0.116. The molecule has 1 saturated carbocycles. The third kappa shape index (κ3) is 5.88. The van der Waals surface area contributed by atoms with Gasteiger partial charge in [0.15, 0.2) is 0 Å². The maximum atomic E-state index is 12.1. The summed E-state index contributed by atoms with van der Waals surface area (Å²) in [5.74, 6) is 0.418. The summed E-state index contributed by atoms with van der Waals surface area (Å²) in [5.41, 5.74) is 0. The molecule has 2 aliphatic rings. The average Bonchev–Trinajstić information content (AvgIpc) is 2.89. The summed E-state index contributed by atoms with van der Waals surface area (Å²) in [6.45, 7) is 9.72. The van der Waals surface area contributed by atoms with E-state index in [0.29, 0.717) is 12.0 Å². The minimum Gasteiger partial charge on any atom is -0.377 e. The van der Waals surface area contributed by atoms with Crippen molar-refractivity contribution in [1.82, 2.24) is 9.80 Å². The summed E-state index contributed by atoms with van der Waals surface area (Å²) in [6.07, 6.45) is 9.50. The smallest absolute Gasteiger partial charge is 0.225 e. The van der Waals surface area contributed by atoms with E-state index in [1.807, 2.05) is 18.7 Å². The third-order valence-corrected chi connectivity index (χ3v) is 4.96. The highest BCUT2D eigenvalue weighted by atomic mass is 16.5. The molecule has 0 bridgehead atoms. The highest BCUT2D eigenvalue weighted by molar-refractivity contribution is 5.78. The van der Waals surface area contributed by atoms with Crippen LogP contribution < -0.4 is 0 Å². The normalized spacial score (nSPS) is 22.6. The fourth-order valence-corrected chi connectivity index (χ4v) is 3.54. The van der Waals surface area contributed by atoms with E-state index in [-0.39, 0.29) is 5.92 Å². The zero-order chi connectivity index (χ0) is 15.8. The van der Waals surface area contributed by atoms with Crippen molar-refractivity contribution in [2.75, 3.05) is 39.3 Å². The van der Waals surface area contributed by atoms with E-state index in [4.69, 9.17) is 4.74 Å². The van der Waals surface area contributed by atoms with E-state index in [0.717, 1.165) is 45.8 Å². The van der Waals surface area contributed by atoms with Gasteiger partial charge in [-0.3, -0.25) is 9.69 Å². The summed E-state index contributed by atoms with van der Waals surface area (Å²) < 4.78 is 6.10. The van der Waals surface area contributed by atoms with E-state index in [1.165, 1.54) is 38.5 Å². The maximum absolute atomic E-state index is 12.1. The Labute approximate surface area is 136 Å². The zero-order valence-corrected chi connectivity index (χ0v) is 14.6. The van der Waals surface area contributed by atoms with Crippen LogP contribution in [-0.2, 0) is 9.53 Å². The first-order chi connectivity index (χ1) is 10.7. The van der Waals surface area contributed by atoms with Gasteiger partial charge in [0.05, 0.1) is 12.7 Å². The Morgan fingerprint density at radius 1 is 1.00 bits per heavy atom. The van der Waals surface area contributed by atoms with Crippen molar-refractivity contribution in [3.63, 3.8) is 0 Å². The third-order valence-electron chi connectivity index (χ3n) is 4.96. The molecule has 0 radical (unpaired) electrons. The molecule has 22 heavy (non-hydrogen) atoms. The van der Waals surface area contributed by atoms with E-state index in [1.54, 1.807) is 0 Å². The highest BCUT2D eigenvalue weighted by Gasteiger charge is 2.21. The second kappa shape index (κ2) is 9.51. The van der Waals surface area contributed by atoms with Gasteiger partial charge in [0.2, 0.25) is 5.91 Å². The Hall–Kier alpha value is -0.610. The molecule has 1 saturated heterocycles. The fourth-order valence-electron chi connectivity index (χ4n) is 3.54. The molecule has 128 valence electrons. The molecular weight excluding hydrogens is 276 g/mol. The molecule has 0 aromatic rings. The number of carbonyl (C=O) groups is 1. The van der Waals surface area contributed by atoms with Crippen LogP contribution in [0.5, 0.6) is 0 Å². The van der Waals surface area contributed by atoms with Crippen LogP contribution in [0.2, 0.25) is 0 Å². The Kier molecular flexibility index (Phi) is 7.67. The monoisotopic (exact) mass is 310 g/mol. The number of rotatable bonds is 5. The topological polar surface area (TPSA) is 32.8 Å². The van der Waals surface area contributed by atoms with Crippen molar-refractivity contribution < 1.29 is 9.53 Å². The Morgan fingerprint density at radius 2 is 1.73 bits per heavy atom. The molecule has 4 nitrogen and oxygen atoms in total. The van der Waals surface area contributed by atoms with Crippen molar-refractivity contribution in [1.29, 1.82) is 0 Å². The van der Waals surface area contributed by atoms with Crippen LogP contribution >= 0.6 is 0 Å². The van der Waals surface area contributed by atoms with Gasteiger partial charge in [-0.25, -0.2) is 0 Å². The van der Waals surface area contributed by atoms with Crippen molar-refractivity contribution in [2.24, 2.45) is 5.92 Å². The lowest BCUT2D eigenvalue weighted by atomic mass is 10.1. The van der Waals surface area contributed by atoms with Gasteiger partial charge in [0.25, 0.3) is 0 Å². The van der Waals surface area contributed by atoms with Crippen LogP contribution in [0.15, 0.2) is 0 Å². The fraction of sp³-hybridized carbons (Fsp3) is 0.944. The van der Waals surface area contributed by atoms with Crippen LogP contribution in [-0.4, -0.2) is 61.1 Å². The molecule has 0 aromatic carbocycles. The summed E-state index contributed by atoms with van der Waals surface area (Å²) in [7, 11) is 0. The molecule has 1 heterocycles. The zero-order valence-electron chi connectivity index (χ0n) is 14.6. The summed E-state index contributed by atoms with van der Waals surface area (Å²) >= 11 is 0. The second-order valence-corrected chi connectivity index (χ2v) is 7.16. The number of hydrogen-bond donors (Lipinski definition) is 0. The van der Waals surface area contributed by atoms with Gasteiger partial charge in [-0.05, 0) is 25.8 Å². The largest absolute Gasteiger partial charge is 0.377 e. The average molecular weight is 310 g/mol. The highest BCUT2D eigenvalue weighted by Crippen LogP contribution is 2.19. The molecular formula is C18H34N2O2. The van der Waals surface area contributed by atoms with E-state index in [2.05, 4.69) is 4.90 Å². The molecule has 2 fully saturated rings. The summed E-state index contributed by atoms with van der Waals surface area (Å²) in [4.78, 5) is 16.6. The summed E-state index contributed by atoms with van der Waals surface area (Å²) in [6, 6.07) is 0. The first-order valence-corrected chi connectivity index (χ1v) is 9.29. The Bertz CT molecular complexity index is 325. The lowest BCUT2D eigenvalue weighted by molar-refractivity contribution is -0.134. The van der Waals surface area contributed by atoms with Crippen LogP contribution in [0, 0.1) is 5.92 Å². The van der Waals surface area contributed by atoms with Crippen LogP contribution in [0.1, 0.15) is 58.8 Å². The Morgan fingerprint density at radius 3 is 2.41 bits per heavy atom. The van der Waals surface area contributed by atoms with Crippen LogP contribution in [0.4, 0.5) is 0 Å². The maximum Gasteiger partial charge on any atom is 0.225 e. The number of carbonyl (C=O) groups excluding carboxylic acids is 1. The first-order valence-electron chi connectivity index (χ1n) is 9.29. The summed E-state index contributed by atoms with van der Waals surface area (Å²) in [5, 5.41) is 0.